The molecule has 1 aromatic heterocycles. The lowest BCUT2D eigenvalue weighted by atomic mass is 10.0. The molecule has 0 saturated heterocycles. The summed E-state index contributed by atoms with van der Waals surface area (Å²) in [7, 11) is 0. The first-order valence-corrected chi connectivity index (χ1v) is 8.90. The van der Waals surface area contributed by atoms with Crippen molar-refractivity contribution in [1.82, 2.24) is 10.3 Å². The normalized spacial score (nSPS) is 15.9. The van der Waals surface area contributed by atoms with Crippen molar-refractivity contribution >= 4 is 11.6 Å². The second kappa shape index (κ2) is 8.99. The number of rotatable bonds is 8. The lowest BCUT2D eigenvalue weighted by Gasteiger charge is -2.10. The van der Waals surface area contributed by atoms with Gasteiger partial charge in [0.15, 0.2) is 6.10 Å². The van der Waals surface area contributed by atoms with E-state index in [-0.39, 0.29) is 12.0 Å². The molecule has 1 aliphatic heterocycles. The highest BCUT2D eigenvalue weighted by atomic mass is 16.6. The molecule has 6 heteroatoms. The number of nitrogens with one attached hydrogen (secondary N) is 1. The molecule has 0 spiro atoms. The van der Waals surface area contributed by atoms with E-state index in [2.05, 4.69) is 22.4 Å². The Hall–Kier alpha value is -2.89. The first-order valence-electron chi connectivity index (χ1n) is 8.90. The van der Waals surface area contributed by atoms with Gasteiger partial charge in [-0.2, -0.15) is 0 Å². The maximum atomic E-state index is 12.4. The van der Waals surface area contributed by atoms with Crippen LogP contribution in [0.25, 0.3) is 0 Å². The smallest absolute Gasteiger partial charge is 0.269 e. The van der Waals surface area contributed by atoms with Crippen LogP contribution in [0.15, 0.2) is 53.8 Å². The van der Waals surface area contributed by atoms with E-state index in [1.807, 2.05) is 42.5 Å². The van der Waals surface area contributed by atoms with Gasteiger partial charge < -0.3 is 14.9 Å². The molecular weight excluding hydrogens is 330 g/mol. The van der Waals surface area contributed by atoms with Crippen molar-refractivity contribution in [3.05, 3.63) is 59.8 Å². The molecule has 1 aromatic carbocycles. The number of hydrogen-bond donors (Lipinski definition) is 1. The molecule has 26 heavy (non-hydrogen) atoms. The summed E-state index contributed by atoms with van der Waals surface area (Å²) in [5, 5.41) is 6.82. The third-order valence-corrected chi connectivity index (χ3v) is 4.13. The molecule has 0 fully saturated rings. The molecule has 6 nitrogen and oxygen atoms in total. The molecular formula is C20H23N3O3. The van der Waals surface area contributed by atoms with E-state index in [0.29, 0.717) is 31.2 Å². The standard InChI is InChI=1S/C20H23N3O3/c1-2-3-12-25-20-16(10-7-11-21-20)14-22-19(24)17-13-18(26-23-17)15-8-5-4-6-9-15/h4-11,18H,2-3,12-14H2,1H3,(H,22,24). The van der Waals surface area contributed by atoms with Crippen LogP contribution in [0.2, 0.25) is 0 Å². The Labute approximate surface area is 153 Å². The summed E-state index contributed by atoms with van der Waals surface area (Å²) >= 11 is 0. The van der Waals surface area contributed by atoms with E-state index >= 15 is 0 Å². The Morgan fingerprint density at radius 2 is 2.12 bits per heavy atom. The minimum Gasteiger partial charge on any atom is -0.477 e. The third kappa shape index (κ3) is 4.59. The molecule has 1 aliphatic rings. The quantitative estimate of drug-likeness (QED) is 0.738. The Kier molecular flexibility index (Phi) is 6.19. The SMILES string of the molecule is CCCCOc1ncccc1CNC(=O)C1=NOC(c2ccccc2)C1. The van der Waals surface area contributed by atoms with Crippen molar-refractivity contribution < 1.29 is 14.4 Å². The number of benzene rings is 1. The van der Waals surface area contributed by atoms with Gasteiger partial charge in [0.1, 0.15) is 5.71 Å². The first kappa shape index (κ1) is 17.9. The van der Waals surface area contributed by atoms with E-state index in [0.717, 1.165) is 24.0 Å². The first-order chi connectivity index (χ1) is 12.8. The Balaban J connectivity index is 1.53. The van der Waals surface area contributed by atoms with E-state index in [9.17, 15) is 4.79 Å². The molecule has 1 amide bonds. The number of oxime groups is 1. The number of pyridine rings is 1. The van der Waals surface area contributed by atoms with Crippen LogP contribution in [0.1, 0.15) is 43.4 Å². The molecule has 0 saturated carbocycles. The van der Waals surface area contributed by atoms with Crippen LogP contribution in [0.4, 0.5) is 0 Å². The van der Waals surface area contributed by atoms with Crippen LogP contribution in [0.5, 0.6) is 5.88 Å². The van der Waals surface area contributed by atoms with Crippen LogP contribution < -0.4 is 10.1 Å². The van der Waals surface area contributed by atoms with Crippen molar-refractivity contribution in [2.45, 2.75) is 38.8 Å². The average molecular weight is 353 g/mol. The zero-order valence-corrected chi connectivity index (χ0v) is 14.9. The molecule has 3 rings (SSSR count). The molecule has 2 aromatic rings. The van der Waals surface area contributed by atoms with Gasteiger partial charge in [-0.25, -0.2) is 4.98 Å². The molecule has 1 N–H and O–H groups in total. The largest absolute Gasteiger partial charge is 0.477 e. The maximum Gasteiger partial charge on any atom is 0.269 e. The van der Waals surface area contributed by atoms with Crippen molar-refractivity contribution in [2.24, 2.45) is 5.16 Å². The van der Waals surface area contributed by atoms with Crippen LogP contribution in [-0.4, -0.2) is 23.2 Å². The number of amides is 1. The number of hydrogen-bond acceptors (Lipinski definition) is 5. The van der Waals surface area contributed by atoms with Gasteiger partial charge in [0.2, 0.25) is 5.88 Å². The summed E-state index contributed by atoms with van der Waals surface area (Å²) in [6.07, 6.45) is 3.97. The van der Waals surface area contributed by atoms with E-state index in [4.69, 9.17) is 9.57 Å². The summed E-state index contributed by atoms with van der Waals surface area (Å²) in [6.45, 7) is 3.06. The second-order valence-electron chi connectivity index (χ2n) is 6.10. The van der Waals surface area contributed by atoms with Gasteiger partial charge in [-0.15, -0.1) is 0 Å². The van der Waals surface area contributed by atoms with Gasteiger partial charge in [-0.1, -0.05) is 54.9 Å². The van der Waals surface area contributed by atoms with Gasteiger partial charge in [-0.3, -0.25) is 4.79 Å². The maximum absolute atomic E-state index is 12.4. The lowest BCUT2D eigenvalue weighted by Crippen LogP contribution is -2.30. The number of ether oxygens (including phenoxy) is 1. The Morgan fingerprint density at radius 3 is 2.92 bits per heavy atom. The van der Waals surface area contributed by atoms with Crippen molar-refractivity contribution in [2.75, 3.05) is 6.61 Å². The summed E-state index contributed by atoms with van der Waals surface area (Å²) in [6, 6.07) is 13.5. The summed E-state index contributed by atoms with van der Waals surface area (Å²) < 4.78 is 5.69. The van der Waals surface area contributed by atoms with Crippen molar-refractivity contribution in [1.29, 1.82) is 0 Å². The van der Waals surface area contributed by atoms with Crippen LogP contribution in [0.3, 0.4) is 0 Å². The second-order valence-corrected chi connectivity index (χ2v) is 6.10. The fraction of sp³-hybridized carbons (Fsp3) is 0.350. The Morgan fingerprint density at radius 1 is 1.27 bits per heavy atom. The highest BCUT2D eigenvalue weighted by Crippen LogP contribution is 2.27. The number of carbonyl (C=O) groups excluding carboxylic acids is 1. The van der Waals surface area contributed by atoms with Crippen LogP contribution in [0, 0.1) is 0 Å². The minimum absolute atomic E-state index is 0.205. The van der Waals surface area contributed by atoms with Gasteiger partial charge in [0.05, 0.1) is 6.61 Å². The molecule has 2 heterocycles. The van der Waals surface area contributed by atoms with Gasteiger partial charge >= 0.3 is 0 Å². The highest BCUT2D eigenvalue weighted by molar-refractivity contribution is 6.39. The Bertz CT molecular complexity index is 762. The number of carbonyl (C=O) groups is 1. The monoisotopic (exact) mass is 353 g/mol. The van der Waals surface area contributed by atoms with Crippen molar-refractivity contribution in [3.63, 3.8) is 0 Å². The zero-order valence-electron chi connectivity index (χ0n) is 14.9. The zero-order chi connectivity index (χ0) is 18.2. The van der Waals surface area contributed by atoms with Gasteiger partial charge in [0.25, 0.3) is 5.91 Å². The molecule has 1 atom stereocenters. The van der Waals surface area contributed by atoms with Crippen LogP contribution in [-0.2, 0) is 16.2 Å². The highest BCUT2D eigenvalue weighted by Gasteiger charge is 2.27. The van der Waals surface area contributed by atoms with E-state index in [1.165, 1.54) is 0 Å². The third-order valence-electron chi connectivity index (χ3n) is 4.13. The molecule has 1 unspecified atom stereocenters. The number of nitrogens with zero attached hydrogens (tertiary/aromatic N) is 2. The summed E-state index contributed by atoms with van der Waals surface area (Å²) in [4.78, 5) is 22.0. The van der Waals surface area contributed by atoms with Crippen molar-refractivity contribution in [3.8, 4) is 5.88 Å². The predicted octanol–water partition coefficient (Wildman–Crippen LogP) is 3.39. The summed E-state index contributed by atoms with van der Waals surface area (Å²) in [5.41, 5.74) is 2.25. The molecule has 0 aliphatic carbocycles. The topological polar surface area (TPSA) is 72.8 Å². The summed E-state index contributed by atoms with van der Waals surface area (Å²) in [5.74, 6) is 0.333. The lowest BCUT2D eigenvalue weighted by molar-refractivity contribution is -0.115. The average Bonchev–Trinajstić information content (AvgIpc) is 3.18. The number of unbranched alkanes of at least 4 members (excludes halogenated alkanes) is 1. The minimum atomic E-state index is -0.230. The number of aromatic nitrogens is 1. The van der Waals surface area contributed by atoms with E-state index < -0.39 is 0 Å². The molecule has 136 valence electrons. The van der Waals surface area contributed by atoms with E-state index in [1.54, 1.807) is 6.20 Å². The van der Waals surface area contributed by atoms with Crippen LogP contribution >= 0.6 is 0 Å². The fourth-order valence-electron chi connectivity index (χ4n) is 2.64. The molecule has 0 radical (unpaired) electrons. The van der Waals surface area contributed by atoms with Gasteiger partial charge in [0, 0.05) is 24.7 Å². The fourth-order valence-corrected chi connectivity index (χ4v) is 2.64. The van der Waals surface area contributed by atoms with Gasteiger partial charge in [-0.05, 0) is 18.1 Å². The molecule has 0 bridgehead atoms. The predicted molar refractivity (Wildman–Crippen MR) is 98.8 cm³/mol.